The van der Waals surface area contributed by atoms with Gasteiger partial charge in [-0.1, -0.05) is 6.42 Å². The van der Waals surface area contributed by atoms with E-state index in [0.717, 1.165) is 25.8 Å². The second kappa shape index (κ2) is 6.43. The average molecular weight is 296 g/mol. The quantitative estimate of drug-likeness (QED) is 0.717. The van der Waals surface area contributed by atoms with E-state index in [-0.39, 0.29) is 12.5 Å². The number of hydrogen-bond donors (Lipinski definition) is 3. The van der Waals surface area contributed by atoms with Crippen LogP contribution in [0, 0.1) is 0 Å². The van der Waals surface area contributed by atoms with Crippen LogP contribution < -0.4 is 10.6 Å². The van der Waals surface area contributed by atoms with Crippen LogP contribution in [0.2, 0.25) is 0 Å². The molecule has 1 heterocycles. The van der Waals surface area contributed by atoms with Crippen molar-refractivity contribution in [2.24, 2.45) is 0 Å². The number of aliphatic carboxylic acids is 1. The van der Waals surface area contributed by atoms with Crippen LogP contribution in [0.3, 0.4) is 0 Å². The zero-order valence-corrected chi connectivity index (χ0v) is 11.2. The molecule has 0 radical (unpaired) electrons. The summed E-state index contributed by atoms with van der Waals surface area (Å²) >= 11 is 0. The maximum Gasteiger partial charge on any atom is 0.422 e. The molecule has 1 aliphatic heterocycles. The number of rotatable bonds is 5. The molecule has 0 aromatic rings. The van der Waals surface area contributed by atoms with Gasteiger partial charge in [-0.15, -0.1) is 0 Å². The molecular formula is C12H19F3N2O3. The average Bonchev–Trinajstić information content (AvgIpc) is 2.36. The van der Waals surface area contributed by atoms with Crippen molar-refractivity contribution < 1.29 is 27.9 Å². The lowest BCUT2D eigenvalue weighted by molar-refractivity contribution is -0.207. The fourth-order valence-electron chi connectivity index (χ4n) is 2.06. The zero-order valence-electron chi connectivity index (χ0n) is 11.2. The first-order valence-electron chi connectivity index (χ1n) is 6.51. The first-order chi connectivity index (χ1) is 9.17. The lowest BCUT2D eigenvalue weighted by Crippen LogP contribution is -2.62. The number of piperidine rings is 1. The summed E-state index contributed by atoms with van der Waals surface area (Å²) in [5.41, 5.74) is -3.25. The van der Waals surface area contributed by atoms with E-state index in [2.05, 4.69) is 5.32 Å². The summed E-state index contributed by atoms with van der Waals surface area (Å²) in [7, 11) is 0. The maximum absolute atomic E-state index is 12.7. The van der Waals surface area contributed by atoms with Gasteiger partial charge in [-0.2, -0.15) is 13.2 Å². The topological polar surface area (TPSA) is 78.4 Å². The lowest BCUT2D eigenvalue weighted by atomic mass is 9.98. The molecule has 0 saturated carbocycles. The number of carbonyl (C=O) groups is 2. The molecule has 0 bridgehead atoms. The molecule has 1 saturated heterocycles. The van der Waals surface area contributed by atoms with Gasteiger partial charge in [-0.25, -0.2) is 4.79 Å². The molecule has 2 atom stereocenters. The highest BCUT2D eigenvalue weighted by Gasteiger charge is 2.58. The van der Waals surface area contributed by atoms with E-state index in [1.165, 1.54) is 0 Å². The van der Waals surface area contributed by atoms with Crippen LogP contribution in [0.5, 0.6) is 0 Å². The Balaban J connectivity index is 2.52. The SMILES string of the molecule is CC(NC(=O)CCC1CCCCN1)(C(=O)O)C(F)(F)F. The predicted octanol–water partition coefficient (Wildman–Crippen LogP) is 1.43. The highest BCUT2D eigenvalue weighted by Crippen LogP contribution is 2.30. The monoisotopic (exact) mass is 296 g/mol. The van der Waals surface area contributed by atoms with Gasteiger partial charge in [0.05, 0.1) is 0 Å². The Morgan fingerprint density at radius 2 is 2.00 bits per heavy atom. The van der Waals surface area contributed by atoms with Crippen LogP contribution in [0.1, 0.15) is 39.0 Å². The number of carboxylic acids is 1. The second-order valence-corrected chi connectivity index (χ2v) is 5.16. The first-order valence-corrected chi connectivity index (χ1v) is 6.51. The van der Waals surface area contributed by atoms with E-state index in [9.17, 15) is 22.8 Å². The lowest BCUT2D eigenvalue weighted by Gasteiger charge is -2.29. The second-order valence-electron chi connectivity index (χ2n) is 5.16. The number of carbonyl (C=O) groups excluding carboxylic acids is 1. The van der Waals surface area contributed by atoms with Crippen molar-refractivity contribution in [3.8, 4) is 0 Å². The Morgan fingerprint density at radius 1 is 1.35 bits per heavy atom. The highest BCUT2D eigenvalue weighted by atomic mass is 19.4. The first kappa shape index (κ1) is 16.7. The maximum atomic E-state index is 12.7. The summed E-state index contributed by atoms with van der Waals surface area (Å²) in [6, 6.07) is 0.108. The molecule has 116 valence electrons. The van der Waals surface area contributed by atoms with Crippen LogP contribution in [-0.4, -0.2) is 41.3 Å². The summed E-state index contributed by atoms with van der Waals surface area (Å²) < 4.78 is 38.1. The smallest absolute Gasteiger partial charge is 0.422 e. The standard InChI is InChI=1S/C12H19F3N2O3/c1-11(10(19)20,12(13,14)15)17-9(18)6-5-8-4-2-3-7-16-8/h8,16H,2-7H2,1H3,(H,17,18)(H,19,20). The molecular weight excluding hydrogens is 277 g/mol. The third-order valence-electron chi connectivity index (χ3n) is 3.52. The number of alkyl halides is 3. The van der Waals surface area contributed by atoms with E-state index >= 15 is 0 Å². The van der Waals surface area contributed by atoms with Crippen LogP contribution in [0.25, 0.3) is 0 Å². The molecule has 1 rings (SSSR count). The Labute approximate surface area is 114 Å². The minimum Gasteiger partial charge on any atom is -0.479 e. The summed E-state index contributed by atoms with van der Waals surface area (Å²) in [5.74, 6) is -3.02. The van der Waals surface area contributed by atoms with Gasteiger partial charge in [0.1, 0.15) is 0 Å². The van der Waals surface area contributed by atoms with Crippen molar-refractivity contribution in [1.82, 2.24) is 10.6 Å². The summed E-state index contributed by atoms with van der Waals surface area (Å²) in [4.78, 5) is 22.3. The summed E-state index contributed by atoms with van der Waals surface area (Å²) in [5, 5.41) is 13.4. The Morgan fingerprint density at radius 3 is 2.45 bits per heavy atom. The van der Waals surface area contributed by atoms with Gasteiger partial charge in [0.15, 0.2) is 0 Å². The number of halogens is 3. The van der Waals surface area contributed by atoms with Gasteiger partial charge in [-0.3, -0.25) is 4.79 Å². The molecule has 20 heavy (non-hydrogen) atoms. The van der Waals surface area contributed by atoms with E-state index < -0.39 is 23.6 Å². The van der Waals surface area contributed by atoms with Gasteiger partial charge in [0, 0.05) is 12.5 Å². The Hall–Kier alpha value is -1.31. The molecule has 3 N–H and O–H groups in total. The van der Waals surface area contributed by atoms with Gasteiger partial charge in [0.25, 0.3) is 0 Å². The number of nitrogens with one attached hydrogen (secondary N) is 2. The van der Waals surface area contributed by atoms with E-state index in [1.807, 2.05) is 0 Å². The minimum absolute atomic E-state index is 0.108. The van der Waals surface area contributed by atoms with Gasteiger partial charge in [0.2, 0.25) is 11.4 Å². The van der Waals surface area contributed by atoms with Crippen molar-refractivity contribution in [3.63, 3.8) is 0 Å². The van der Waals surface area contributed by atoms with Crippen molar-refractivity contribution in [3.05, 3.63) is 0 Å². The van der Waals surface area contributed by atoms with Crippen molar-refractivity contribution in [2.45, 2.75) is 56.8 Å². The van der Waals surface area contributed by atoms with Crippen LogP contribution in [0.15, 0.2) is 0 Å². The van der Waals surface area contributed by atoms with Crippen molar-refractivity contribution in [2.75, 3.05) is 6.54 Å². The third kappa shape index (κ3) is 4.09. The van der Waals surface area contributed by atoms with E-state index in [1.54, 1.807) is 5.32 Å². The molecule has 8 heteroatoms. The molecule has 2 unspecified atom stereocenters. The van der Waals surface area contributed by atoms with Crippen LogP contribution in [0.4, 0.5) is 13.2 Å². The Bertz CT molecular complexity index is 367. The number of hydrogen-bond acceptors (Lipinski definition) is 3. The number of carboxylic acid groups (broad SMARTS) is 1. The van der Waals surface area contributed by atoms with Crippen molar-refractivity contribution in [1.29, 1.82) is 0 Å². The third-order valence-corrected chi connectivity index (χ3v) is 3.52. The fraction of sp³-hybridized carbons (Fsp3) is 0.833. The summed E-state index contributed by atoms with van der Waals surface area (Å²) in [6.45, 7) is 1.29. The largest absolute Gasteiger partial charge is 0.479 e. The summed E-state index contributed by atoms with van der Waals surface area (Å²) in [6.07, 6.45) is -1.82. The number of amides is 1. The van der Waals surface area contributed by atoms with E-state index in [0.29, 0.717) is 13.3 Å². The van der Waals surface area contributed by atoms with E-state index in [4.69, 9.17) is 5.11 Å². The van der Waals surface area contributed by atoms with Gasteiger partial charge >= 0.3 is 12.1 Å². The Kier molecular flexibility index (Phi) is 5.38. The van der Waals surface area contributed by atoms with Gasteiger partial charge in [-0.05, 0) is 32.7 Å². The molecule has 0 spiro atoms. The van der Waals surface area contributed by atoms with Gasteiger partial charge < -0.3 is 15.7 Å². The minimum atomic E-state index is -5.04. The molecule has 1 fully saturated rings. The highest BCUT2D eigenvalue weighted by molar-refractivity contribution is 5.87. The molecule has 1 amide bonds. The molecule has 0 aromatic carbocycles. The normalized spacial score (nSPS) is 22.9. The molecule has 1 aliphatic rings. The molecule has 5 nitrogen and oxygen atoms in total. The zero-order chi connectivity index (χ0) is 15.4. The van der Waals surface area contributed by atoms with Crippen LogP contribution >= 0.6 is 0 Å². The predicted molar refractivity (Wildman–Crippen MR) is 65.1 cm³/mol. The van der Waals surface area contributed by atoms with Crippen molar-refractivity contribution >= 4 is 11.9 Å². The fourth-order valence-corrected chi connectivity index (χ4v) is 2.06. The van der Waals surface area contributed by atoms with Crippen LogP contribution in [-0.2, 0) is 9.59 Å². The molecule has 0 aromatic heterocycles. The molecule has 0 aliphatic carbocycles.